The van der Waals surface area contributed by atoms with E-state index >= 15 is 0 Å². The average molecular weight is 354 g/mol. The highest BCUT2D eigenvalue weighted by Gasteiger charge is 2.13. The van der Waals surface area contributed by atoms with E-state index in [1.54, 1.807) is 12.1 Å². The van der Waals surface area contributed by atoms with E-state index in [1.165, 1.54) is 0 Å². The molecule has 20 heavy (non-hydrogen) atoms. The minimum absolute atomic E-state index is 0.263. The van der Waals surface area contributed by atoms with Crippen LogP contribution in [0.4, 0.5) is 0 Å². The lowest BCUT2D eigenvalue weighted by atomic mass is 10.2. The van der Waals surface area contributed by atoms with Crippen LogP contribution in [0.1, 0.15) is 18.1 Å². The number of rotatable bonds is 5. The number of hydrogen-bond acceptors (Lipinski definition) is 2. The molecule has 0 unspecified atom stereocenters. The van der Waals surface area contributed by atoms with Gasteiger partial charge in [0.2, 0.25) is 10.0 Å². The second kappa shape index (κ2) is 6.52. The molecular formula is C15H16BrNO2S. The Morgan fingerprint density at radius 2 is 1.70 bits per heavy atom. The number of sulfonamides is 1. The lowest BCUT2D eigenvalue weighted by Gasteiger charge is -2.08. The Balaban J connectivity index is 2.13. The number of aryl methyl sites for hydroxylation is 1. The van der Waals surface area contributed by atoms with Crippen LogP contribution in [0.25, 0.3) is 0 Å². The molecule has 0 aliphatic carbocycles. The largest absolute Gasteiger partial charge is 0.240 e. The van der Waals surface area contributed by atoms with Gasteiger partial charge in [-0.15, -0.1) is 0 Å². The van der Waals surface area contributed by atoms with Gasteiger partial charge in [0.1, 0.15) is 0 Å². The van der Waals surface area contributed by atoms with Crippen LogP contribution >= 0.6 is 15.9 Å². The highest BCUT2D eigenvalue weighted by atomic mass is 79.9. The van der Waals surface area contributed by atoms with Crippen molar-refractivity contribution in [1.29, 1.82) is 0 Å². The minimum Gasteiger partial charge on any atom is -0.207 e. The summed E-state index contributed by atoms with van der Waals surface area (Å²) in [6.45, 7) is 2.30. The van der Waals surface area contributed by atoms with Gasteiger partial charge in [0, 0.05) is 11.0 Å². The maximum atomic E-state index is 12.2. The molecule has 2 rings (SSSR count). The first-order chi connectivity index (χ1) is 9.53. The summed E-state index contributed by atoms with van der Waals surface area (Å²) in [5, 5.41) is 0. The maximum absolute atomic E-state index is 12.2. The topological polar surface area (TPSA) is 46.2 Å². The molecule has 106 valence electrons. The molecule has 5 heteroatoms. The van der Waals surface area contributed by atoms with Gasteiger partial charge in [-0.05, 0) is 35.7 Å². The van der Waals surface area contributed by atoms with E-state index in [1.807, 2.05) is 43.3 Å². The molecule has 0 saturated carbocycles. The fourth-order valence-corrected chi connectivity index (χ4v) is 3.23. The zero-order valence-electron chi connectivity index (χ0n) is 11.1. The van der Waals surface area contributed by atoms with Crippen molar-refractivity contribution in [1.82, 2.24) is 4.72 Å². The maximum Gasteiger partial charge on any atom is 0.240 e. The number of benzene rings is 2. The molecule has 0 bridgehead atoms. The normalized spacial score (nSPS) is 11.5. The molecule has 2 aromatic carbocycles. The Labute approximate surface area is 128 Å². The van der Waals surface area contributed by atoms with Crippen LogP contribution in [0.5, 0.6) is 0 Å². The zero-order chi connectivity index (χ0) is 14.6. The van der Waals surface area contributed by atoms with Crippen LogP contribution in [0.2, 0.25) is 0 Å². The van der Waals surface area contributed by atoms with Crippen molar-refractivity contribution in [2.24, 2.45) is 0 Å². The third kappa shape index (κ3) is 3.69. The Morgan fingerprint density at radius 3 is 2.30 bits per heavy atom. The van der Waals surface area contributed by atoms with Crippen molar-refractivity contribution in [3.8, 4) is 0 Å². The lowest BCUT2D eigenvalue weighted by molar-refractivity contribution is 0.581. The molecule has 0 atom stereocenters. The number of hydrogen-bond donors (Lipinski definition) is 1. The van der Waals surface area contributed by atoms with Crippen LogP contribution in [-0.4, -0.2) is 8.42 Å². The second-order valence-electron chi connectivity index (χ2n) is 4.41. The summed E-state index contributed by atoms with van der Waals surface area (Å²) in [5.41, 5.74) is 2.02. The first kappa shape index (κ1) is 15.2. The smallest absolute Gasteiger partial charge is 0.207 e. The summed E-state index contributed by atoms with van der Waals surface area (Å²) in [7, 11) is -3.47. The summed E-state index contributed by atoms with van der Waals surface area (Å²) in [6, 6.07) is 14.5. The third-order valence-corrected chi connectivity index (χ3v) is 5.24. The zero-order valence-corrected chi connectivity index (χ0v) is 13.5. The van der Waals surface area contributed by atoms with Gasteiger partial charge in [0.05, 0.1) is 4.90 Å². The van der Waals surface area contributed by atoms with Crippen molar-refractivity contribution in [2.45, 2.75) is 24.8 Å². The van der Waals surface area contributed by atoms with Crippen molar-refractivity contribution < 1.29 is 8.42 Å². The van der Waals surface area contributed by atoms with E-state index < -0.39 is 10.0 Å². The molecule has 1 N–H and O–H groups in total. The summed E-state index contributed by atoms with van der Waals surface area (Å²) >= 11 is 3.40. The fraction of sp³-hybridized carbons (Fsp3) is 0.200. The van der Waals surface area contributed by atoms with Gasteiger partial charge in [-0.2, -0.15) is 0 Å². The lowest BCUT2D eigenvalue weighted by Crippen LogP contribution is -2.23. The summed E-state index contributed by atoms with van der Waals surface area (Å²) < 4.78 is 27.9. The van der Waals surface area contributed by atoms with Gasteiger partial charge < -0.3 is 0 Å². The molecule has 0 radical (unpaired) electrons. The van der Waals surface area contributed by atoms with Gasteiger partial charge in [0.15, 0.2) is 0 Å². The molecule has 3 nitrogen and oxygen atoms in total. The SMILES string of the molecule is CCc1ccc(S(=O)(=O)NCc2ccccc2Br)cc1. The first-order valence-corrected chi connectivity index (χ1v) is 8.62. The van der Waals surface area contributed by atoms with E-state index in [0.717, 1.165) is 22.0 Å². The van der Waals surface area contributed by atoms with Crippen LogP contribution in [0, 0.1) is 0 Å². The van der Waals surface area contributed by atoms with Crippen LogP contribution < -0.4 is 4.72 Å². The molecule has 0 fully saturated rings. The molecule has 2 aromatic rings. The number of nitrogens with one attached hydrogen (secondary N) is 1. The molecule has 0 aliphatic rings. The molecule has 0 amide bonds. The van der Waals surface area contributed by atoms with Crippen molar-refractivity contribution in [3.05, 3.63) is 64.1 Å². The summed E-state index contributed by atoms with van der Waals surface area (Å²) in [4.78, 5) is 0.293. The van der Waals surface area contributed by atoms with E-state index in [4.69, 9.17) is 0 Å². The Hall–Kier alpha value is -1.17. The van der Waals surface area contributed by atoms with Crippen molar-refractivity contribution in [2.75, 3.05) is 0 Å². The Bertz CT molecular complexity index is 681. The molecule has 0 saturated heterocycles. The van der Waals surface area contributed by atoms with Gasteiger partial charge >= 0.3 is 0 Å². The number of halogens is 1. The fourth-order valence-electron chi connectivity index (χ4n) is 1.80. The van der Waals surface area contributed by atoms with E-state index in [0.29, 0.717) is 4.90 Å². The monoisotopic (exact) mass is 353 g/mol. The quantitative estimate of drug-likeness (QED) is 0.894. The van der Waals surface area contributed by atoms with Crippen molar-refractivity contribution in [3.63, 3.8) is 0 Å². The highest BCUT2D eigenvalue weighted by Crippen LogP contribution is 2.17. The minimum atomic E-state index is -3.47. The Morgan fingerprint density at radius 1 is 1.05 bits per heavy atom. The van der Waals surface area contributed by atoms with Gasteiger partial charge in [0.25, 0.3) is 0 Å². The Kier molecular flexibility index (Phi) is 4.96. The van der Waals surface area contributed by atoms with Gasteiger partial charge in [-0.3, -0.25) is 0 Å². The summed E-state index contributed by atoms with van der Waals surface area (Å²) in [5.74, 6) is 0. The van der Waals surface area contributed by atoms with Gasteiger partial charge in [-0.1, -0.05) is 53.2 Å². The standard InChI is InChI=1S/C15H16BrNO2S/c1-2-12-7-9-14(10-8-12)20(18,19)17-11-13-5-3-4-6-15(13)16/h3-10,17H,2,11H2,1H3. The highest BCUT2D eigenvalue weighted by molar-refractivity contribution is 9.10. The average Bonchev–Trinajstić information content (AvgIpc) is 2.46. The summed E-state index contributed by atoms with van der Waals surface area (Å²) in [6.07, 6.45) is 0.894. The van der Waals surface area contributed by atoms with Crippen LogP contribution in [-0.2, 0) is 23.0 Å². The van der Waals surface area contributed by atoms with Crippen LogP contribution in [0.15, 0.2) is 57.9 Å². The molecule has 0 heterocycles. The predicted octanol–water partition coefficient (Wildman–Crippen LogP) is 3.49. The second-order valence-corrected chi connectivity index (χ2v) is 7.03. The molecular weight excluding hydrogens is 338 g/mol. The molecule has 0 aliphatic heterocycles. The van der Waals surface area contributed by atoms with E-state index in [9.17, 15) is 8.42 Å². The molecule has 0 aromatic heterocycles. The first-order valence-electron chi connectivity index (χ1n) is 6.35. The van der Waals surface area contributed by atoms with Crippen LogP contribution in [0.3, 0.4) is 0 Å². The van der Waals surface area contributed by atoms with E-state index in [-0.39, 0.29) is 6.54 Å². The van der Waals surface area contributed by atoms with Gasteiger partial charge in [-0.25, -0.2) is 13.1 Å². The van der Waals surface area contributed by atoms with Crippen molar-refractivity contribution >= 4 is 26.0 Å². The molecule has 0 spiro atoms. The third-order valence-electron chi connectivity index (χ3n) is 3.05. The predicted molar refractivity (Wildman–Crippen MR) is 84.0 cm³/mol. The van der Waals surface area contributed by atoms with E-state index in [2.05, 4.69) is 20.7 Å².